The SMILES string of the molecule is Cc1nc(-c2ccccc2)sc1COC(=O)CCCNC(=O)C1CC1. The summed E-state index contributed by atoms with van der Waals surface area (Å²) in [5.41, 5.74) is 1.97. The van der Waals surface area contributed by atoms with Gasteiger partial charge in [0.05, 0.1) is 10.6 Å². The third-order valence-electron chi connectivity index (χ3n) is 4.08. The number of nitrogens with zero attached hydrogens (tertiary/aromatic N) is 1. The zero-order chi connectivity index (χ0) is 17.6. The van der Waals surface area contributed by atoms with Gasteiger partial charge in [-0.25, -0.2) is 4.98 Å². The second-order valence-electron chi connectivity index (χ2n) is 6.22. The molecule has 3 rings (SSSR count). The van der Waals surface area contributed by atoms with Crippen LogP contribution in [0.1, 0.15) is 36.3 Å². The van der Waals surface area contributed by atoms with Crippen molar-refractivity contribution in [1.29, 1.82) is 0 Å². The van der Waals surface area contributed by atoms with Crippen molar-refractivity contribution in [3.05, 3.63) is 40.9 Å². The van der Waals surface area contributed by atoms with Crippen LogP contribution < -0.4 is 5.32 Å². The number of aromatic nitrogens is 1. The standard InChI is InChI=1S/C19H22N2O3S/c1-13-16(25-19(21-13)15-6-3-2-4-7-15)12-24-17(22)8-5-11-20-18(23)14-9-10-14/h2-4,6-7,14H,5,8-12H2,1H3,(H,20,23). The minimum atomic E-state index is -0.241. The van der Waals surface area contributed by atoms with E-state index in [4.69, 9.17) is 4.74 Å². The molecular formula is C19H22N2O3S. The molecule has 1 aromatic carbocycles. The molecule has 1 aliphatic carbocycles. The topological polar surface area (TPSA) is 68.3 Å². The summed E-state index contributed by atoms with van der Waals surface area (Å²) in [7, 11) is 0. The Labute approximate surface area is 151 Å². The molecule has 2 aromatic rings. The summed E-state index contributed by atoms with van der Waals surface area (Å²) in [5, 5.41) is 3.79. The first-order chi connectivity index (χ1) is 12.1. The monoisotopic (exact) mass is 358 g/mol. The van der Waals surface area contributed by atoms with E-state index in [0.29, 0.717) is 19.4 Å². The first-order valence-corrected chi connectivity index (χ1v) is 9.40. The third-order valence-corrected chi connectivity index (χ3v) is 5.26. The van der Waals surface area contributed by atoms with Crippen LogP contribution in [0.15, 0.2) is 30.3 Å². The molecule has 0 spiro atoms. The van der Waals surface area contributed by atoms with E-state index in [1.54, 1.807) is 11.3 Å². The second kappa shape index (κ2) is 8.25. The lowest BCUT2D eigenvalue weighted by atomic mass is 10.2. The minimum Gasteiger partial charge on any atom is -0.460 e. The van der Waals surface area contributed by atoms with Crippen LogP contribution in [0.5, 0.6) is 0 Å². The van der Waals surface area contributed by atoms with Crippen molar-refractivity contribution >= 4 is 23.2 Å². The fourth-order valence-electron chi connectivity index (χ4n) is 2.42. The average molecular weight is 358 g/mol. The predicted molar refractivity (Wildman–Crippen MR) is 97.1 cm³/mol. The Balaban J connectivity index is 1.41. The molecular weight excluding hydrogens is 336 g/mol. The molecule has 1 amide bonds. The molecule has 0 atom stereocenters. The van der Waals surface area contributed by atoms with Crippen LogP contribution in [-0.4, -0.2) is 23.4 Å². The van der Waals surface area contributed by atoms with E-state index in [-0.39, 0.29) is 24.4 Å². The summed E-state index contributed by atoms with van der Waals surface area (Å²) in [4.78, 5) is 28.9. The summed E-state index contributed by atoms with van der Waals surface area (Å²) in [6.45, 7) is 2.71. The zero-order valence-corrected chi connectivity index (χ0v) is 15.1. The van der Waals surface area contributed by atoms with Crippen molar-refractivity contribution in [2.75, 3.05) is 6.54 Å². The molecule has 5 nitrogen and oxygen atoms in total. The van der Waals surface area contributed by atoms with Crippen LogP contribution in [-0.2, 0) is 20.9 Å². The van der Waals surface area contributed by atoms with Crippen LogP contribution >= 0.6 is 11.3 Å². The highest BCUT2D eigenvalue weighted by atomic mass is 32.1. The Kier molecular flexibility index (Phi) is 5.81. The number of benzene rings is 1. The third kappa shape index (κ3) is 5.13. The maximum Gasteiger partial charge on any atom is 0.306 e. The molecule has 1 heterocycles. The highest BCUT2D eigenvalue weighted by Crippen LogP contribution is 2.29. The van der Waals surface area contributed by atoms with Gasteiger partial charge in [0, 0.05) is 24.4 Å². The lowest BCUT2D eigenvalue weighted by Gasteiger charge is -2.05. The summed E-state index contributed by atoms with van der Waals surface area (Å²) >= 11 is 1.55. The maximum absolute atomic E-state index is 11.8. The number of hydrogen-bond donors (Lipinski definition) is 1. The van der Waals surface area contributed by atoms with Crippen LogP contribution in [0.25, 0.3) is 10.6 Å². The fraction of sp³-hybridized carbons (Fsp3) is 0.421. The van der Waals surface area contributed by atoms with Gasteiger partial charge in [0.1, 0.15) is 11.6 Å². The van der Waals surface area contributed by atoms with E-state index < -0.39 is 0 Å². The van der Waals surface area contributed by atoms with Crippen molar-refractivity contribution < 1.29 is 14.3 Å². The van der Waals surface area contributed by atoms with E-state index in [2.05, 4.69) is 10.3 Å². The highest BCUT2D eigenvalue weighted by Gasteiger charge is 2.29. The number of nitrogens with one attached hydrogen (secondary N) is 1. The molecule has 0 radical (unpaired) electrons. The van der Waals surface area contributed by atoms with Gasteiger partial charge < -0.3 is 10.1 Å². The first-order valence-electron chi connectivity index (χ1n) is 8.58. The second-order valence-corrected chi connectivity index (χ2v) is 7.31. The molecule has 1 aromatic heterocycles. The van der Waals surface area contributed by atoms with E-state index >= 15 is 0 Å². The summed E-state index contributed by atoms with van der Waals surface area (Å²) in [5.74, 6) is 0.0805. The normalized spacial score (nSPS) is 13.5. The van der Waals surface area contributed by atoms with Gasteiger partial charge in [-0.3, -0.25) is 9.59 Å². The molecule has 0 unspecified atom stereocenters. The van der Waals surface area contributed by atoms with Gasteiger partial charge in [-0.2, -0.15) is 0 Å². The Morgan fingerprint density at radius 3 is 2.76 bits per heavy atom. The lowest BCUT2D eigenvalue weighted by molar-refractivity contribution is -0.145. The first kappa shape index (κ1) is 17.6. The van der Waals surface area contributed by atoms with E-state index in [1.807, 2.05) is 37.3 Å². The van der Waals surface area contributed by atoms with Crippen molar-refractivity contribution in [3.63, 3.8) is 0 Å². The number of hydrogen-bond acceptors (Lipinski definition) is 5. The summed E-state index contributed by atoms with van der Waals surface area (Å²) < 4.78 is 5.34. The number of esters is 1. The molecule has 6 heteroatoms. The smallest absolute Gasteiger partial charge is 0.306 e. The summed E-state index contributed by atoms with van der Waals surface area (Å²) in [6, 6.07) is 9.97. The van der Waals surface area contributed by atoms with Crippen LogP contribution in [0, 0.1) is 12.8 Å². The van der Waals surface area contributed by atoms with Gasteiger partial charge in [0.2, 0.25) is 5.91 Å². The fourth-order valence-corrected chi connectivity index (χ4v) is 3.40. The van der Waals surface area contributed by atoms with E-state index in [0.717, 1.165) is 34.0 Å². The maximum atomic E-state index is 11.8. The molecule has 1 fully saturated rings. The van der Waals surface area contributed by atoms with Gasteiger partial charge in [-0.1, -0.05) is 30.3 Å². The number of carbonyl (C=O) groups is 2. The lowest BCUT2D eigenvalue weighted by Crippen LogP contribution is -2.26. The van der Waals surface area contributed by atoms with Gasteiger partial charge in [-0.15, -0.1) is 11.3 Å². The number of rotatable bonds is 8. The molecule has 1 saturated carbocycles. The van der Waals surface area contributed by atoms with E-state index in [9.17, 15) is 9.59 Å². The molecule has 132 valence electrons. The number of ether oxygens (including phenoxy) is 1. The van der Waals surface area contributed by atoms with Crippen molar-refractivity contribution in [1.82, 2.24) is 10.3 Å². The van der Waals surface area contributed by atoms with Gasteiger partial charge in [0.15, 0.2) is 0 Å². The van der Waals surface area contributed by atoms with Gasteiger partial charge >= 0.3 is 5.97 Å². The average Bonchev–Trinajstić information content (AvgIpc) is 3.41. The van der Waals surface area contributed by atoms with Crippen molar-refractivity contribution in [2.45, 2.75) is 39.2 Å². The Bertz CT molecular complexity index is 738. The molecule has 1 N–H and O–H groups in total. The molecule has 0 saturated heterocycles. The van der Waals surface area contributed by atoms with Crippen LogP contribution in [0.3, 0.4) is 0 Å². The quantitative estimate of drug-likeness (QED) is 0.579. The molecule has 1 aliphatic rings. The Morgan fingerprint density at radius 2 is 2.04 bits per heavy atom. The Hall–Kier alpha value is -2.21. The predicted octanol–water partition coefficient (Wildman–Crippen LogP) is 3.47. The van der Waals surface area contributed by atoms with Crippen LogP contribution in [0.2, 0.25) is 0 Å². The van der Waals surface area contributed by atoms with Crippen molar-refractivity contribution in [3.8, 4) is 10.6 Å². The van der Waals surface area contributed by atoms with Crippen molar-refractivity contribution in [2.24, 2.45) is 5.92 Å². The number of amides is 1. The van der Waals surface area contributed by atoms with Crippen LogP contribution in [0.4, 0.5) is 0 Å². The number of thiazole rings is 1. The highest BCUT2D eigenvalue weighted by molar-refractivity contribution is 7.15. The summed E-state index contributed by atoms with van der Waals surface area (Å²) in [6.07, 6.45) is 2.91. The van der Waals surface area contributed by atoms with Gasteiger partial charge in [-0.05, 0) is 26.2 Å². The molecule has 0 bridgehead atoms. The molecule has 25 heavy (non-hydrogen) atoms. The van der Waals surface area contributed by atoms with Gasteiger partial charge in [0.25, 0.3) is 0 Å². The number of aryl methyl sites for hydroxylation is 1. The van der Waals surface area contributed by atoms with E-state index in [1.165, 1.54) is 0 Å². The number of carbonyl (C=O) groups excluding carboxylic acids is 2. The zero-order valence-electron chi connectivity index (χ0n) is 14.3. The minimum absolute atomic E-state index is 0.113. The molecule has 0 aliphatic heterocycles. The largest absolute Gasteiger partial charge is 0.460 e. The Morgan fingerprint density at radius 1 is 1.28 bits per heavy atom.